The fourth-order valence-electron chi connectivity index (χ4n) is 2.98. The van der Waals surface area contributed by atoms with Crippen LogP contribution in [0.4, 0.5) is 5.82 Å². The topological polar surface area (TPSA) is 58.6 Å². The lowest BCUT2D eigenvalue weighted by molar-refractivity contribution is -0.131. The standard InChI is InChI=1S/C20H24N4O2/c1-3-4-5-20(25)24-14-12-23(13-15-24)19-11-10-18(21-22-19)16-6-8-17(26-2)9-7-16/h3,6-11H,1,4-5,12-15H2,2H3. The van der Waals surface area contributed by atoms with Gasteiger partial charge < -0.3 is 14.5 Å². The molecule has 3 rings (SSSR count). The Morgan fingerprint density at radius 1 is 1.12 bits per heavy atom. The number of rotatable bonds is 6. The number of allylic oxidation sites excluding steroid dienone is 1. The predicted molar refractivity (Wildman–Crippen MR) is 102 cm³/mol. The molecule has 26 heavy (non-hydrogen) atoms. The van der Waals surface area contributed by atoms with E-state index >= 15 is 0 Å². The van der Waals surface area contributed by atoms with Gasteiger partial charge in [0, 0.05) is 38.2 Å². The Kier molecular flexibility index (Phi) is 5.84. The van der Waals surface area contributed by atoms with Crippen LogP contribution in [0.15, 0.2) is 49.1 Å². The van der Waals surface area contributed by atoms with E-state index in [2.05, 4.69) is 21.7 Å². The Balaban J connectivity index is 1.59. The molecule has 1 fully saturated rings. The smallest absolute Gasteiger partial charge is 0.223 e. The van der Waals surface area contributed by atoms with Gasteiger partial charge in [0.1, 0.15) is 5.75 Å². The van der Waals surface area contributed by atoms with E-state index in [4.69, 9.17) is 4.74 Å². The molecule has 2 heterocycles. The molecule has 2 aromatic rings. The number of nitrogens with zero attached hydrogens (tertiary/aromatic N) is 4. The zero-order valence-corrected chi connectivity index (χ0v) is 15.1. The summed E-state index contributed by atoms with van der Waals surface area (Å²) in [5.74, 6) is 1.87. The van der Waals surface area contributed by atoms with Gasteiger partial charge in [-0.25, -0.2) is 0 Å². The van der Waals surface area contributed by atoms with Crippen molar-refractivity contribution in [3.8, 4) is 17.0 Å². The van der Waals surface area contributed by atoms with Gasteiger partial charge in [0.2, 0.25) is 5.91 Å². The lowest BCUT2D eigenvalue weighted by Gasteiger charge is -2.35. The Morgan fingerprint density at radius 3 is 2.42 bits per heavy atom. The minimum Gasteiger partial charge on any atom is -0.497 e. The molecule has 1 aliphatic rings. The molecule has 0 unspecified atom stereocenters. The third-order valence-corrected chi connectivity index (χ3v) is 4.55. The molecule has 0 spiro atoms. The molecular weight excluding hydrogens is 328 g/mol. The highest BCUT2D eigenvalue weighted by molar-refractivity contribution is 5.76. The SMILES string of the molecule is C=CCCC(=O)N1CCN(c2ccc(-c3ccc(OC)cc3)nn2)CC1. The lowest BCUT2D eigenvalue weighted by Crippen LogP contribution is -2.49. The quantitative estimate of drug-likeness (QED) is 0.748. The third-order valence-electron chi connectivity index (χ3n) is 4.55. The normalized spacial score (nSPS) is 14.2. The summed E-state index contributed by atoms with van der Waals surface area (Å²) < 4.78 is 5.18. The van der Waals surface area contributed by atoms with E-state index in [1.807, 2.05) is 41.3 Å². The summed E-state index contributed by atoms with van der Waals surface area (Å²) in [7, 11) is 1.65. The van der Waals surface area contributed by atoms with Crippen molar-refractivity contribution in [2.24, 2.45) is 0 Å². The molecule has 0 N–H and O–H groups in total. The van der Waals surface area contributed by atoms with Crippen LogP contribution in [0, 0.1) is 0 Å². The summed E-state index contributed by atoms with van der Waals surface area (Å²) in [5, 5.41) is 8.72. The third kappa shape index (κ3) is 4.20. The van der Waals surface area contributed by atoms with E-state index in [-0.39, 0.29) is 5.91 Å². The number of anilines is 1. The van der Waals surface area contributed by atoms with Crippen LogP contribution in [0.25, 0.3) is 11.3 Å². The average Bonchev–Trinajstić information content (AvgIpc) is 2.72. The number of benzene rings is 1. The van der Waals surface area contributed by atoms with Crippen LogP contribution in [-0.4, -0.2) is 54.3 Å². The second kappa shape index (κ2) is 8.47. The molecule has 1 aromatic heterocycles. The number of carbonyl (C=O) groups is 1. The minimum atomic E-state index is 0.200. The summed E-state index contributed by atoms with van der Waals surface area (Å²) in [6, 6.07) is 11.7. The fraction of sp³-hybridized carbons (Fsp3) is 0.350. The number of aromatic nitrogens is 2. The Labute approximate surface area is 154 Å². The van der Waals surface area contributed by atoms with Gasteiger partial charge in [-0.1, -0.05) is 6.08 Å². The number of hydrogen-bond donors (Lipinski definition) is 0. The van der Waals surface area contributed by atoms with E-state index in [0.29, 0.717) is 6.42 Å². The van der Waals surface area contributed by atoms with Crippen LogP contribution >= 0.6 is 0 Å². The highest BCUT2D eigenvalue weighted by Gasteiger charge is 2.21. The van der Waals surface area contributed by atoms with E-state index in [0.717, 1.165) is 55.4 Å². The molecule has 6 heteroatoms. The van der Waals surface area contributed by atoms with Gasteiger partial charge >= 0.3 is 0 Å². The van der Waals surface area contributed by atoms with Crippen molar-refractivity contribution >= 4 is 11.7 Å². The number of methoxy groups -OCH3 is 1. The first-order valence-electron chi connectivity index (χ1n) is 8.83. The zero-order valence-electron chi connectivity index (χ0n) is 15.1. The van der Waals surface area contributed by atoms with Gasteiger partial charge in [-0.2, -0.15) is 0 Å². The maximum absolute atomic E-state index is 12.1. The molecule has 1 aliphatic heterocycles. The first-order chi connectivity index (χ1) is 12.7. The zero-order chi connectivity index (χ0) is 18.4. The Bertz CT molecular complexity index is 735. The number of hydrogen-bond acceptors (Lipinski definition) is 5. The highest BCUT2D eigenvalue weighted by Crippen LogP contribution is 2.22. The van der Waals surface area contributed by atoms with Crippen LogP contribution in [0.2, 0.25) is 0 Å². The maximum atomic E-state index is 12.1. The van der Waals surface area contributed by atoms with Crippen LogP contribution < -0.4 is 9.64 Å². The van der Waals surface area contributed by atoms with Crippen molar-refractivity contribution in [2.45, 2.75) is 12.8 Å². The Morgan fingerprint density at radius 2 is 1.85 bits per heavy atom. The van der Waals surface area contributed by atoms with Crippen molar-refractivity contribution in [3.05, 3.63) is 49.1 Å². The van der Waals surface area contributed by atoms with Gasteiger partial charge in [0.05, 0.1) is 12.8 Å². The van der Waals surface area contributed by atoms with Crippen molar-refractivity contribution in [1.29, 1.82) is 0 Å². The number of carbonyl (C=O) groups excluding carboxylic acids is 1. The van der Waals surface area contributed by atoms with Gasteiger partial charge in [0.25, 0.3) is 0 Å². The molecule has 0 saturated carbocycles. The summed E-state index contributed by atoms with van der Waals surface area (Å²) in [6.07, 6.45) is 3.06. The number of amides is 1. The van der Waals surface area contributed by atoms with Crippen molar-refractivity contribution in [3.63, 3.8) is 0 Å². The van der Waals surface area contributed by atoms with Gasteiger partial charge in [-0.05, 0) is 42.8 Å². The van der Waals surface area contributed by atoms with Crippen molar-refractivity contribution in [2.75, 3.05) is 38.2 Å². The van der Waals surface area contributed by atoms with Crippen LogP contribution in [0.1, 0.15) is 12.8 Å². The first-order valence-corrected chi connectivity index (χ1v) is 8.83. The molecular formula is C20H24N4O2. The molecule has 0 bridgehead atoms. The maximum Gasteiger partial charge on any atom is 0.223 e. The van der Waals surface area contributed by atoms with Crippen LogP contribution in [0.5, 0.6) is 5.75 Å². The molecule has 136 valence electrons. The molecule has 1 saturated heterocycles. The summed E-state index contributed by atoms with van der Waals surface area (Å²) in [6.45, 7) is 6.66. The van der Waals surface area contributed by atoms with Gasteiger partial charge in [-0.3, -0.25) is 4.79 Å². The summed E-state index contributed by atoms with van der Waals surface area (Å²) in [5.41, 5.74) is 1.83. The molecule has 1 aromatic carbocycles. The molecule has 6 nitrogen and oxygen atoms in total. The predicted octanol–water partition coefficient (Wildman–Crippen LogP) is 2.77. The summed E-state index contributed by atoms with van der Waals surface area (Å²) >= 11 is 0. The van der Waals surface area contributed by atoms with E-state index < -0.39 is 0 Å². The summed E-state index contributed by atoms with van der Waals surface area (Å²) in [4.78, 5) is 16.2. The monoisotopic (exact) mass is 352 g/mol. The lowest BCUT2D eigenvalue weighted by atomic mass is 10.1. The molecule has 1 amide bonds. The highest BCUT2D eigenvalue weighted by atomic mass is 16.5. The van der Waals surface area contributed by atoms with E-state index in [1.54, 1.807) is 13.2 Å². The van der Waals surface area contributed by atoms with Crippen LogP contribution in [-0.2, 0) is 4.79 Å². The number of piperazine rings is 1. The first kappa shape index (κ1) is 17.9. The largest absolute Gasteiger partial charge is 0.497 e. The van der Waals surface area contributed by atoms with Gasteiger partial charge in [0.15, 0.2) is 5.82 Å². The van der Waals surface area contributed by atoms with Crippen molar-refractivity contribution in [1.82, 2.24) is 15.1 Å². The average molecular weight is 352 g/mol. The van der Waals surface area contributed by atoms with Gasteiger partial charge in [-0.15, -0.1) is 16.8 Å². The van der Waals surface area contributed by atoms with Crippen molar-refractivity contribution < 1.29 is 9.53 Å². The molecule has 0 aliphatic carbocycles. The minimum absolute atomic E-state index is 0.200. The second-order valence-electron chi connectivity index (χ2n) is 6.20. The second-order valence-corrected chi connectivity index (χ2v) is 6.20. The fourth-order valence-corrected chi connectivity index (χ4v) is 2.98. The Hall–Kier alpha value is -2.89. The van der Waals surface area contributed by atoms with E-state index in [1.165, 1.54) is 0 Å². The molecule has 0 radical (unpaired) electrons. The van der Waals surface area contributed by atoms with Crippen LogP contribution in [0.3, 0.4) is 0 Å². The van der Waals surface area contributed by atoms with E-state index in [9.17, 15) is 4.79 Å². The molecule has 0 atom stereocenters. The number of ether oxygens (including phenoxy) is 1.